The van der Waals surface area contributed by atoms with Crippen molar-refractivity contribution in [3.05, 3.63) is 69.8 Å². The maximum atomic E-state index is 12.7. The van der Waals surface area contributed by atoms with E-state index in [9.17, 15) is 19.5 Å². The van der Waals surface area contributed by atoms with E-state index in [4.69, 9.17) is 8.83 Å². The number of aliphatic carboxylic acids is 1. The van der Waals surface area contributed by atoms with Crippen LogP contribution in [0.3, 0.4) is 0 Å². The zero-order valence-corrected chi connectivity index (χ0v) is 19.9. The smallest absolute Gasteiger partial charge is 0.340 e. The summed E-state index contributed by atoms with van der Waals surface area (Å²) >= 11 is 1.47. The molecule has 1 amide bonds. The molecule has 0 aliphatic carbocycles. The summed E-state index contributed by atoms with van der Waals surface area (Å²) < 4.78 is 11.5. The van der Waals surface area contributed by atoms with Crippen molar-refractivity contribution in [1.29, 1.82) is 0 Å². The minimum atomic E-state index is -1.35. The summed E-state index contributed by atoms with van der Waals surface area (Å²) in [7, 11) is 0. The molecule has 0 saturated heterocycles. The van der Waals surface area contributed by atoms with Gasteiger partial charge in [0.15, 0.2) is 0 Å². The molecule has 0 saturated carbocycles. The first-order valence-corrected chi connectivity index (χ1v) is 12.2. The molecule has 0 bridgehead atoms. The first kappa shape index (κ1) is 23.6. The van der Waals surface area contributed by atoms with Crippen molar-refractivity contribution < 1.29 is 23.5 Å². The third-order valence-electron chi connectivity index (χ3n) is 5.90. The molecule has 2 aromatic heterocycles. The van der Waals surface area contributed by atoms with Crippen molar-refractivity contribution in [1.82, 2.24) is 5.32 Å². The van der Waals surface area contributed by atoms with Crippen LogP contribution >= 0.6 is 11.8 Å². The van der Waals surface area contributed by atoms with Gasteiger partial charge in [-0.3, -0.25) is 4.79 Å². The Hall–Kier alpha value is -3.52. The lowest BCUT2D eigenvalue weighted by molar-refractivity contribution is -0.308. The third-order valence-corrected chi connectivity index (χ3v) is 6.55. The van der Waals surface area contributed by atoms with Crippen LogP contribution in [-0.4, -0.2) is 29.9 Å². The summed E-state index contributed by atoms with van der Waals surface area (Å²) in [5, 5.41) is 15.4. The summed E-state index contributed by atoms with van der Waals surface area (Å²) in [5.41, 5.74) is 3.07. The summed E-state index contributed by atoms with van der Waals surface area (Å²) in [4.78, 5) is 36.6. The zero-order chi connectivity index (χ0) is 24.4. The highest BCUT2D eigenvalue weighted by molar-refractivity contribution is 7.98. The maximum absolute atomic E-state index is 12.7. The molecular weight excluding hydrogens is 454 g/mol. The normalized spacial score (nSPS) is 12.2. The van der Waals surface area contributed by atoms with Gasteiger partial charge in [-0.15, -0.1) is 0 Å². The topological polar surface area (TPSA) is 113 Å². The lowest BCUT2D eigenvalue weighted by Gasteiger charge is -2.19. The molecule has 1 N–H and O–H groups in total. The molecule has 0 unspecified atom stereocenters. The van der Waals surface area contributed by atoms with Crippen molar-refractivity contribution in [2.45, 2.75) is 32.7 Å². The van der Waals surface area contributed by atoms with Crippen molar-refractivity contribution in [3.8, 4) is 11.1 Å². The highest BCUT2D eigenvalue weighted by Crippen LogP contribution is 2.37. The molecule has 7 nitrogen and oxygen atoms in total. The summed E-state index contributed by atoms with van der Waals surface area (Å²) in [6.07, 6.45) is 1.79. The van der Waals surface area contributed by atoms with Crippen LogP contribution in [0.1, 0.15) is 23.3 Å². The number of hydrogen-bond acceptors (Lipinski definition) is 7. The lowest BCUT2D eigenvalue weighted by Crippen LogP contribution is -2.48. The lowest BCUT2D eigenvalue weighted by atomic mass is 9.98. The van der Waals surface area contributed by atoms with Crippen LogP contribution in [0.25, 0.3) is 33.1 Å². The average molecular weight is 479 g/mol. The van der Waals surface area contributed by atoms with Crippen LogP contribution in [0.4, 0.5) is 0 Å². The van der Waals surface area contributed by atoms with Gasteiger partial charge in [-0.1, -0.05) is 30.3 Å². The van der Waals surface area contributed by atoms with E-state index in [1.807, 2.05) is 49.6 Å². The quantitative estimate of drug-likeness (QED) is 0.387. The number of thioether (sulfide) groups is 1. The van der Waals surface area contributed by atoms with Gasteiger partial charge in [0.05, 0.1) is 24.0 Å². The van der Waals surface area contributed by atoms with Gasteiger partial charge in [-0.05, 0) is 49.5 Å². The number of hydrogen-bond donors (Lipinski definition) is 1. The fourth-order valence-corrected chi connectivity index (χ4v) is 4.63. The van der Waals surface area contributed by atoms with Gasteiger partial charge < -0.3 is 24.1 Å². The number of carboxylic acid groups (broad SMARTS) is 1. The van der Waals surface area contributed by atoms with E-state index in [2.05, 4.69) is 5.32 Å². The predicted molar refractivity (Wildman–Crippen MR) is 131 cm³/mol. The van der Waals surface area contributed by atoms with Gasteiger partial charge in [0, 0.05) is 22.4 Å². The first-order chi connectivity index (χ1) is 16.3. The Labute approximate surface area is 200 Å². The molecule has 0 radical (unpaired) electrons. The van der Waals surface area contributed by atoms with Crippen molar-refractivity contribution in [2.75, 3.05) is 12.0 Å². The largest absolute Gasteiger partial charge is 0.548 e. The van der Waals surface area contributed by atoms with Crippen LogP contribution < -0.4 is 16.0 Å². The van der Waals surface area contributed by atoms with Gasteiger partial charge in [0.25, 0.3) is 0 Å². The second-order valence-corrected chi connectivity index (χ2v) is 9.12. The zero-order valence-electron chi connectivity index (χ0n) is 19.1. The van der Waals surface area contributed by atoms with Gasteiger partial charge >= 0.3 is 5.63 Å². The average Bonchev–Trinajstić information content (AvgIpc) is 3.13. The maximum Gasteiger partial charge on any atom is 0.340 e. The number of fused-ring (bicyclic) bond motifs is 2. The van der Waals surface area contributed by atoms with E-state index in [0.717, 1.165) is 22.3 Å². The molecule has 0 spiro atoms. The number of carbonyl (C=O) groups is 2. The van der Waals surface area contributed by atoms with Gasteiger partial charge in [-0.25, -0.2) is 4.79 Å². The molecule has 4 aromatic rings. The molecule has 0 aliphatic heterocycles. The van der Waals surface area contributed by atoms with Gasteiger partial charge in [-0.2, -0.15) is 11.8 Å². The Balaban J connectivity index is 1.74. The number of rotatable bonds is 8. The van der Waals surface area contributed by atoms with Crippen LogP contribution in [0.15, 0.2) is 56.1 Å². The number of amides is 1. The number of furan rings is 1. The predicted octanol–water partition coefficient (Wildman–Crippen LogP) is 3.35. The van der Waals surface area contributed by atoms with Crippen LogP contribution in [0.2, 0.25) is 0 Å². The number of carbonyl (C=O) groups excluding carboxylic acids is 2. The van der Waals surface area contributed by atoms with Crippen molar-refractivity contribution in [2.24, 2.45) is 0 Å². The molecule has 4 rings (SSSR count). The summed E-state index contributed by atoms with van der Waals surface area (Å²) in [6.45, 7) is 3.64. The van der Waals surface area contributed by atoms with Crippen LogP contribution in [0, 0.1) is 13.8 Å². The number of aryl methyl sites for hydroxylation is 2. The molecule has 1 atom stereocenters. The fraction of sp³-hybridized carbons (Fsp3) is 0.269. The minimum Gasteiger partial charge on any atom is -0.548 e. The van der Waals surface area contributed by atoms with E-state index in [0.29, 0.717) is 27.9 Å². The van der Waals surface area contributed by atoms with E-state index in [1.165, 1.54) is 11.8 Å². The molecule has 2 heterocycles. The van der Waals surface area contributed by atoms with E-state index in [1.54, 1.807) is 13.0 Å². The molecule has 34 heavy (non-hydrogen) atoms. The molecule has 176 valence electrons. The number of benzene rings is 2. The monoisotopic (exact) mass is 478 g/mol. The molecule has 0 fully saturated rings. The molecule has 8 heteroatoms. The van der Waals surface area contributed by atoms with Crippen LogP contribution in [-0.2, 0) is 16.0 Å². The minimum absolute atomic E-state index is 0.188. The second-order valence-electron chi connectivity index (χ2n) is 8.13. The number of nitrogens with one attached hydrogen (secondary N) is 1. The third kappa shape index (κ3) is 4.59. The SMILES string of the molecule is CSCC[C@H](NC(=O)Cc1c(C)c2cc3c(-c4ccccc4)c(C)oc3cc2oc1=O)C(=O)[O-]. The molecular formula is C26H24NO6S-. The molecule has 2 aromatic carbocycles. The Morgan fingerprint density at radius 3 is 2.44 bits per heavy atom. The van der Waals surface area contributed by atoms with E-state index < -0.39 is 23.5 Å². The number of carboxylic acids is 1. The Morgan fingerprint density at radius 1 is 1.06 bits per heavy atom. The van der Waals surface area contributed by atoms with Gasteiger partial charge in [0.1, 0.15) is 16.9 Å². The summed E-state index contributed by atoms with van der Waals surface area (Å²) in [6, 6.07) is 12.3. The summed E-state index contributed by atoms with van der Waals surface area (Å²) in [5.74, 6) is -0.624. The highest BCUT2D eigenvalue weighted by atomic mass is 32.2. The Morgan fingerprint density at radius 2 is 1.76 bits per heavy atom. The first-order valence-electron chi connectivity index (χ1n) is 10.8. The van der Waals surface area contributed by atoms with Gasteiger partial charge in [0.2, 0.25) is 5.91 Å². The Bertz CT molecular complexity index is 1440. The van der Waals surface area contributed by atoms with Crippen molar-refractivity contribution in [3.63, 3.8) is 0 Å². The van der Waals surface area contributed by atoms with Crippen LogP contribution in [0.5, 0.6) is 0 Å². The second kappa shape index (κ2) is 9.77. The Kier molecular flexibility index (Phi) is 6.79. The standard InChI is InChI=1S/C26H25NO6S/c1-14-17-11-19-22(32-15(2)24(19)16-7-5-4-6-8-16)13-21(17)33-26(31)18(14)12-23(28)27-20(25(29)30)9-10-34-3/h4-8,11,13,20H,9-10,12H2,1-3H3,(H,27,28)(H,29,30)/p-1/t20-/m0/s1. The van der Waals surface area contributed by atoms with Crippen molar-refractivity contribution >= 4 is 45.6 Å². The van der Waals surface area contributed by atoms with E-state index in [-0.39, 0.29) is 18.4 Å². The molecule has 0 aliphatic rings. The highest BCUT2D eigenvalue weighted by Gasteiger charge is 2.20. The van der Waals surface area contributed by atoms with E-state index >= 15 is 0 Å². The fourth-order valence-electron chi connectivity index (χ4n) is 4.16.